The fraction of sp³-hybridized carbons (Fsp3) is 0.455. The molecule has 27 heavy (non-hydrogen) atoms. The molecule has 0 aliphatic carbocycles. The van der Waals surface area contributed by atoms with E-state index in [4.69, 9.17) is 14.2 Å². The van der Waals surface area contributed by atoms with Crippen LogP contribution in [0.15, 0.2) is 48.5 Å². The van der Waals surface area contributed by atoms with Gasteiger partial charge in [-0.25, -0.2) is 0 Å². The topological polar surface area (TPSA) is 68.2 Å². The van der Waals surface area contributed by atoms with Gasteiger partial charge in [0.1, 0.15) is 24.7 Å². The van der Waals surface area contributed by atoms with E-state index in [9.17, 15) is 10.2 Å². The summed E-state index contributed by atoms with van der Waals surface area (Å²) in [6, 6.07) is 14.8. The van der Waals surface area contributed by atoms with Crippen molar-refractivity contribution in [2.24, 2.45) is 0 Å². The van der Waals surface area contributed by atoms with Crippen molar-refractivity contribution in [2.75, 3.05) is 26.4 Å². The third-order valence-electron chi connectivity index (χ3n) is 4.11. The van der Waals surface area contributed by atoms with Gasteiger partial charge in [0.15, 0.2) is 0 Å². The fourth-order valence-corrected chi connectivity index (χ4v) is 2.46. The first-order chi connectivity index (χ1) is 12.7. The Morgan fingerprint density at radius 3 is 1.22 bits per heavy atom. The molecule has 0 aliphatic heterocycles. The van der Waals surface area contributed by atoms with Gasteiger partial charge in [-0.05, 0) is 63.1 Å². The van der Waals surface area contributed by atoms with Crippen LogP contribution in [0.3, 0.4) is 0 Å². The predicted molar refractivity (Wildman–Crippen MR) is 105 cm³/mol. The molecule has 0 aliphatic rings. The van der Waals surface area contributed by atoms with E-state index in [1.807, 2.05) is 48.5 Å². The smallest absolute Gasteiger partial charge is 0.119 e. The second kappa shape index (κ2) is 9.22. The zero-order valence-corrected chi connectivity index (χ0v) is 16.6. The first-order valence-corrected chi connectivity index (χ1v) is 9.15. The highest BCUT2D eigenvalue weighted by Gasteiger charge is 2.16. The lowest BCUT2D eigenvalue weighted by Gasteiger charge is -2.18. The summed E-state index contributed by atoms with van der Waals surface area (Å²) in [5, 5.41) is 19.8. The van der Waals surface area contributed by atoms with Gasteiger partial charge in [-0.15, -0.1) is 0 Å². The molecule has 0 atom stereocenters. The van der Waals surface area contributed by atoms with Gasteiger partial charge < -0.3 is 24.4 Å². The van der Waals surface area contributed by atoms with Crippen LogP contribution >= 0.6 is 0 Å². The monoisotopic (exact) mass is 374 g/mol. The van der Waals surface area contributed by atoms with Gasteiger partial charge in [0.05, 0.1) is 24.4 Å². The zero-order chi connectivity index (χ0) is 19.9. The molecule has 0 radical (unpaired) electrons. The standard InChI is InChI=1S/C22H30O5/c1-21(2,23)17-5-9-19(10-6-17)26-15-13-25-14-16-27-20-11-7-18(8-12-20)22(3,4)24/h5-12,23-24H,13-16H2,1-4H3. The second-order valence-corrected chi connectivity index (χ2v) is 7.48. The van der Waals surface area contributed by atoms with Crippen molar-refractivity contribution in [3.63, 3.8) is 0 Å². The first kappa shape index (κ1) is 21.2. The number of aliphatic hydroxyl groups is 2. The summed E-state index contributed by atoms with van der Waals surface area (Å²) in [7, 11) is 0. The average Bonchev–Trinajstić information content (AvgIpc) is 2.60. The van der Waals surface area contributed by atoms with Crippen molar-refractivity contribution in [1.29, 1.82) is 0 Å². The van der Waals surface area contributed by atoms with Gasteiger partial charge in [0.2, 0.25) is 0 Å². The molecule has 148 valence electrons. The third-order valence-corrected chi connectivity index (χ3v) is 4.11. The highest BCUT2D eigenvalue weighted by molar-refractivity contribution is 5.30. The highest BCUT2D eigenvalue weighted by Crippen LogP contribution is 2.23. The Balaban J connectivity index is 1.60. The Hall–Kier alpha value is -2.08. The van der Waals surface area contributed by atoms with Crippen molar-refractivity contribution in [1.82, 2.24) is 0 Å². The Morgan fingerprint density at radius 2 is 0.926 bits per heavy atom. The van der Waals surface area contributed by atoms with Crippen molar-refractivity contribution < 1.29 is 24.4 Å². The summed E-state index contributed by atoms with van der Waals surface area (Å²) in [4.78, 5) is 0. The van der Waals surface area contributed by atoms with E-state index < -0.39 is 11.2 Å². The Kier molecular flexibility index (Phi) is 7.25. The highest BCUT2D eigenvalue weighted by atomic mass is 16.5. The SMILES string of the molecule is CC(C)(O)c1ccc(OCCOCCOc2ccc(C(C)(C)O)cc2)cc1. The maximum atomic E-state index is 9.92. The third kappa shape index (κ3) is 7.21. The molecule has 2 N–H and O–H groups in total. The van der Waals surface area contributed by atoms with Crippen molar-refractivity contribution >= 4 is 0 Å². The van der Waals surface area contributed by atoms with Crippen molar-refractivity contribution in [2.45, 2.75) is 38.9 Å². The molecule has 0 spiro atoms. The van der Waals surface area contributed by atoms with Crippen LogP contribution in [0, 0.1) is 0 Å². The minimum atomic E-state index is -0.851. The van der Waals surface area contributed by atoms with E-state index in [0.717, 1.165) is 22.6 Å². The lowest BCUT2D eigenvalue weighted by Crippen LogP contribution is -2.15. The zero-order valence-electron chi connectivity index (χ0n) is 16.6. The van der Waals surface area contributed by atoms with Gasteiger partial charge in [-0.2, -0.15) is 0 Å². The van der Waals surface area contributed by atoms with Crippen LogP contribution < -0.4 is 9.47 Å². The molecule has 0 bridgehead atoms. The lowest BCUT2D eigenvalue weighted by atomic mass is 9.99. The molecule has 2 aromatic carbocycles. The summed E-state index contributed by atoms with van der Waals surface area (Å²) in [5.41, 5.74) is -0.00958. The molecule has 5 nitrogen and oxygen atoms in total. The van der Waals surface area contributed by atoms with Gasteiger partial charge in [0.25, 0.3) is 0 Å². The molecule has 0 saturated heterocycles. The van der Waals surface area contributed by atoms with Gasteiger partial charge >= 0.3 is 0 Å². The Labute approximate surface area is 161 Å². The molecule has 0 saturated carbocycles. The Morgan fingerprint density at radius 1 is 0.593 bits per heavy atom. The van der Waals surface area contributed by atoms with E-state index in [2.05, 4.69) is 0 Å². The van der Waals surface area contributed by atoms with E-state index >= 15 is 0 Å². The molecule has 0 fully saturated rings. The largest absolute Gasteiger partial charge is 0.491 e. The molecule has 5 heteroatoms. The predicted octanol–water partition coefficient (Wildman–Crippen LogP) is 3.62. The average molecular weight is 374 g/mol. The van der Waals surface area contributed by atoms with Crippen LogP contribution in [-0.2, 0) is 15.9 Å². The van der Waals surface area contributed by atoms with Gasteiger partial charge in [-0.1, -0.05) is 24.3 Å². The quantitative estimate of drug-likeness (QED) is 0.622. The maximum absolute atomic E-state index is 9.92. The van der Waals surface area contributed by atoms with Crippen LogP contribution in [0.5, 0.6) is 11.5 Å². The lowest BCUT2D eigenvalue weighted by molar-refractivity contribution is 0.0750. The van der Waals surface area contributed by atoms with Crippen LogP contribution in [0.25, 0.3) is 0 Å². The van der Waals surface area contributed by atoms with Crippen LogP contribution in [-0.4, -0.2) is 36.6 Å². The molecule has 0 aromatic heterocycles. The summed E-state index contributed by atoms with van der Waals surface area (Å²) >= 11 is 0. The van der Waals surface area contributed by atoms with E-state index in [-0.39, 0.29) is 0 Å². The van der Waals surface area contributed by atoms with E-state index in [1.54, 1.807) is 27.7 Å². The molecule has 2 aromatic rings. The number of hydrogen-bond acceptors (Lipinski definition) is 5. The summed E-state index contributed by atoms with van der Waals surface area (Å²) < 4.78 is 16.7. The van der Waals surface area contributed by atoms with Gasteiger partial charge in [-0.3, -0.25) is 0 Å². The molecule has 2 rings (SSSR count). The minimum absolute atomic E-state index is 0.447. The van der Waals surface area contributed by atoms with Crippen molar-refractivity contribution in [3.8, 4) is 11.5 Å². The van der Waals surface area contributed by atoms with Crippen LogP contribution in [0.4, 0.5) is 0 Å². The van der Waals surface area contributed by atoms with E-state index in [0.29, 0.717) is 26.4 Å². The summed E-state index contributed by atoms with van der Waals surface area (Å²) in [6.45, 7) is 8.83. The second-order valence-electron chi connectivity index (χ2n) is 7.48. The van der Waals surface area contributed by atoms with Crippen molar-refractivity contribution in [3.05, 3.63) is 59.7 Å². The normalized spacial score (nSPS) is 12.1. The number of ether oxygens (including phenoxy) is 3. The van der Waals surface area contributed by atoms with Crippen LogP contribution in [0.1, 0.15) is 38.8 Å². The van der Waals surface area contributed by atoms with E-state index in [1.165, 1.54) is 0 Å². The number of benzene rings is 2. The van der Waals surface area contributed by atoms with Crippen LogP contribution in [0.2, 0.25) is 0 Å². The molecular formula is C22H30O5. The summed E-state index contributed by atoms with van der Waals surface area (Å²) in [5.74, 6) is 1.49. The number of hydrogen-bond donors (Lipinski definition) is 2. The molecule has 0 amide bonds. The maximum Gasteiger partial charge on any atom is 0.119 e. The molecule has 0 heterocycles. The molecule has 0 unspecified atom stereocenters. The molecular weight excluding hydrogens is 344 g/mol. The first-order valence-electron chi connectivity index (χ1n) is 9.15. The van der Waals surface area contributed by atoms with Gasteiger partial charge in [0, 0.05) is 0 Å². The minimum Gasteiger partial charge on any atom is -0.491 e. The summed E-state index contributed by atoms with van der Waals surface area (Å²) in [6.07, 6.45) is 0. The fourth-order valence-electron chi connectivity index (χ4n) is 2.46. The Bertz CT molecular complexity index is 617. The number of rotatable bonds is 10.